The summed E-state index contributed by atoms with van der Waals surface area (Å²) < 4.78 is 10.5. The molecule has 2 aromatic rings. The lowest BCUT2D eigenvalue weighted by Crippen LogP contribution is -2.23. The summed E-state index contributed by atoms with van der Waals surface area (Å²) in [5.41, 5.74) is 2.55. The maximum atomic E-state index is 12.0. The number of ether oxygens (including phenoxy) is 2. The first-order valence-corrected chi connectivity index (χ1v) is 7.63. The van der Waals surface area contributed by atoms with Crippen LogP contribution in [0.25, 0.3) is 0 Å². The third-order valence-electron chi connectivity index (χ3n) is 3.69. The Balaban J connectivity index is 1.85. The Hall–Kier alpha value is -3.00. The largest absolute Gasteiger partial charge is 0.497 e. The molecule has 0 aliphatic carbocycles. The quantitative estimate of drug-likeness (QED) is 0.850. The third kappa shape index (κ3) is 4.75. The van der Waals surface area contributed by atoms with Crippen molar-refractivity contribution >= 4 is 5.91 Å². The van der Waals surface area contributed by atoms with Gasteiger partial charge in [-0.1, -0.05) is 12.1 Å². The van der Waals surface area contributed by atoms with Crippen LogP contribution >= 0.6 is 0 Å². The minimum atomic E-state index is -0.0303. The van der Waals surface area contributed by atoms with E-state index in [9.17, 15) is 4.79 Å². The summed E-state index contributed by atoms with van der Waals surface area (Å²) in [6.45, 7) is 0.402. The highest BCUT2D eigenvalue weighted by Crippen LogP contribution is 2.24. The normalized spacial score (nSPS) is 9.88. The molecule has 2 aromatic carbocycles. The van der Waals surface area contributed by atoms with Gasteiger partial charge in [0.1, 0.15) is 11.5 Å². The maximum absolute atomic E-state index is 12.0. The molecule has 0 atom stereocenters. The summed E-state index contributed by atoms with van der Waals surface area (Å²) in [7, 11) is 3.18. The number of carbonyl (C=O) groups is 1. The predicted molar refractivity (Wildman–Crippen MR) is 90.9 cm³/mol. The second kappa shape index (κ2) is 8.59. The number of hydrogen-bond acceptors (Lipinski definition) is 4. The van der Waals surface area contributed by atoms with Gasteiger partial charge in [0.05, 0.1) is 25.9 Å². The van der Waals surface area contributed by atoms with Gasteiger partial charge in [-0.2, -0.15) is 5.26 Å². The number of rotatable bonds is 7. The van der Waals surface area contributed by atoms with Gasteiger partial charge < -0.3 is 14.8 Å². The Labute approximate surface area is 141 Å². The fourth-order valence-electron chi connectivity index (χ4n) is 2.28. The van der Waals surface area contributed by atoms with Gasteiger partial charge in [0.25, 0.3) is 0 Å². The molecule has 0 fully saturated rings. The van der Waals surface area contributed by atoms with E-state index in [0.717, 1.165) is 11.1 Å². The van der Waals surface area contributed by atoms with E-state index in [-0.39, 0.29) is 5.91 Å². The minimum Gasteiger partial charge on any atom is -0.497 e. The average molecular weight is 324 g/mol. The van der Waals surface area contributed by atoms with Crippen LogP contribution in [0.1, 0.15) is 23.1 Å². The Morgan fingerprint density at radius 2 is 1.88 bits per heavy atom. The summed E-state index contributed by atoms with van der Waals surface area (Å²) in [6, 6.07) is 14.8. The molecule has 0 bridgehead atoms. The molecular formula is C19H20N2O3. The maximum Gasteiger partial charge on any atom is 0.220 e. The van der Waals surface area contributed by atoms with Crippen LogP contribution < -0.4 is 14.8 Å². The number of methoxy groups -OCH3 is 2. The summed E-state index contributed by atoms with van der Waals surface area (Å²) in [6.07, 6.45) is 1.03. The van der Waals surface area contributed by atoms with Crippen molar-refractivity contribution in [2.75, 3.05) is 14.2 Å². The highest BCUT2D eigenvalue weighted by Gasteiger charge is 2.07. The molecule has 24 heavy (non-hydrogen) atoms. The van der Waals surface area contributed by atoms with Crippen LogP contribution in [0.3, 0.4) is 0 Å². The first-order chi connectivity index (χ1) is 11.7. The topological polar surface area (TPSA) is 71.3 Å². The summed E-state index contributed by atoms with van der Waals surface area (Å²) in [5.74, 6) is 1.36. The molecule has 0 heterocycles. The van der Waals surface area contributed by atoms with E-state index in [2.05, 4.69) is 11.4 Å². The first-order valence-electron chi connectivity index (χ1n) is 7.63. The zero-order valence-electron chi connectivity index (χ0n) is 13.8. The van der Waals surface area contributed by atoms with E-state index in [0.29, 0.717) is 36.4 Å². The van der Waals surface area contributed by atoms with Crippen LogP contribution in [-0.2, 0) is 17.8 Å². The van der Waals surface area contributed by atoms with Crippen molar-refractivity contribution in [1.29, 1.82) is 5.26 Å². The van der Waals surface area contributed by atoms with Crippen molar-refractivity contribution in [3.63, 3.8) is 0 Å². The van der Waals surface area contributed by atoms with Crippen molar-refractivity contribution in [3.8, 4) is 17.6 Å². The molecule has 1 N–H and O–H groups in total. The second-order valence-corrected chi connectivity index (χ2v) is 5.26. The SMILES string of the molecule is COc1ccc(CNC(=O)CCc2ccc(C#N)cc2)c(OC)c1. The van der Waals surface area contributed by atoms with Crippen LogP contribution in [0.15, 0.2) is 42.5 Å². The van der Waals surface area contributed by atoms with E-state index in [4.69, 9.17) is 14.7 Å². The van der Waals surface area contributed by atoms with Crippen molar-refractivity contribution in [2.45, 2.75) is 19.4 Å². The molecular weight excluding hydrogens is 304 g/mol. The van der Waals surface area contributed by atoms with Gasteiger partial charge in [0.15, 0.2) is 0 Å². The second-order valence-electron chi connectivity index (χ2n) is 5.26. The van der Waals surface area contributed by atoms with Crippen LogP contribution in [0.5, 0.6) is 11.5 Å². The monoisotopic (exact) mass is 324 g/mol. The lowest BCUT2D eigenvalue weighted by atomic mass is 10.1. The van der Waals surface area contributed by atoms with Gasteiger partial charge >= 0.3 is 0 Å². The van der Waals surface area contributed by atoms with Gasteiger partial charge in [-0.15, -0.1) is 0 Å². The smallest absolute Gasteiger partial charge is 0.220 e. The molecule has 5 heteroatoms. The molecule has 1 amide bonds. The predicted octanol–water partition coefficient (Wildman–Crippen LogP) is 2.82. The van der Waals surface area contributed by atoms with Crippen molar-refractivity contribution in [2.24, 2.45) is 0 Å². The van der Waals surface area contributed by atoms with Gasteiger partial charge in [0, 0.05) is 24.6 Å². The number of carbonyl (C=O) groups excluding carboxylic acids is 1. The molecule has 0 saturated heterocycles. The van der Waals surface area contributed by atoms with Crippen LogP contribution in [0.4, 0.5) is 0 Å². The van der Waals surface area contributed by atoms with Crippen LogP contribution in [0.2, 0.25) is 0 Å². The third-order valence-corrected chi connectivity index (χ3v) is 3.69. The summed E-state index contributed by atoms with van der Waals surface area (Å²) in [4.78, 5) is 12.0. The number of nitrogens with one attached hydrogen (secondary N) is 1. The molecule has 0 unspecified atom stereocenters. The zero-order valence-corrected chi connectivity index (χ0v) is 13.8. The Morgan fingerprint density at radius 3 is 2.50 bits per heavy atom. The average Bonchev–Trinajstić information content (AvgIpc) is 2.64. The van der Waals surface area contributed by atoms with E-state index < -0.39 is 0 Å². The number of aryl methyl sites for hydroxylation is 1. The van der Waals surface area contributed by atoms with Crippen LogP contribution in [-0.4, -0.2) is 20.1 Å². The first kappa shape index (κ1) is 17.4. The molecule has 0 aliphatic heterocycles. The van der Waals surface area contributed by atoms with Crippen molar-refractivity contribution < 1.29 is 14.3 Å². The molecule has 0 saturated carbocycles. The van der Waals surface area contributed by atoms with Gasteiger partial charge in [-0.25, -0.2) is 0 Å². The number of hydrogen-bond donors (Lipinski definition) is 1. The summed E-state index contributed by atoms with van der Waals surface area (Å²) in [5, 5.41) is 11.7. The molecule has 124 valence electrons. The van der Waals surface area contributed by atoms with Gasteiger partial charge in [-0.05, 0) is 36.2 Å². The van der Waals surface area contributed by atoms with Crippen LogP contribution in [0, 0.1) is 11.3 Å². The molecule has 5 nitrogen and oxygen atoms in total. The molecule has 0 radical (unpaired) electrons. The zero-order chi connectivity index (χ0) is 17.4. The highest BCUT2D eigenvalue weighted by atomic mass is 16.5. The van der Waals surface area contributed by atoms with Crippen molar-refractivity contribution in [3.05, 3.63) is 59.2 Å². The standard InChI is InChI=1S/C19H20N2O3/c1-23-17-9-8-16(18(11-17)24-2)13-21-19(22)10-7-14-3-5-15(12-20)6-4-14/h3-6,8-9,11H,7,10,13H2,1-2H3,(H,21,22). The molecule has 0 aliphatic rings. The number of benzene rings is 2. The lowest BCUT2D eigenvalue weighted by Gasteiger charge is -2.11. The fourth-order valence-corrected chi connectivity index (χ4v) is 2.28. The Kier molecular flexibility index (Phi) is 6.21. The fraction of sp³-hybridized carbons (Fsp3) is 0.263. The Bertz CT molecular complexity index is 733. The lowest BCUT2D eigenvalue weighted by molar-refractivity contribution is -0.121. The number of nitrogens with zero attached hydrogens (tertiary/aromatic N) is 1. The Morgan fingerprint density at radius 1 is 1.12 bits per heavy atom. The minimum absolute atomic E-state index is 0.0303. The van der Waals surface area contributed by atoms with Gasteiger partial charge in [-0.3, -0.25) is 4.79 Å². The molecule has 0 spiro atoms. The number of amides is 1. The van der Waals surface area contributed by atoms with E-state index in [1.165, 1.54) is 0 Å². The van der Waals surface area contributed by atoms with Gasteiger partial charge in [0.2, 0.25) is 5.91 Å². The van der Waals surface area contributed by atoms with E-state index >= 15 is 0 Å². The summed E-state index contributed by atoms with van der Waals surface area (Å²) >= 11 is 0. The van der Waals surface area contributed by atoms with E-state index in [1.54, 1.807) is 32.4 Å². The molecule has 0 aromatic heterocycles. The number of nitriles is 1. The highest BCUT2D eigenvalue weighted by molar-refractivity contribution is 5.76. The molecule has 2 rings (SSSR count). The van der Waals surface area contributed by atoms with Crippen molar-refractivity contribution in [1.82, 2.24) is 5.32 Å². The van der Waals surface area contributed by atoms with E-state index in [1.807, 2.05) is 24.3 Å².